The van der Waals surface area contributed by atoms with Crippen molar-refractivity contribution in [3.8, 4) is 0 Å². The molecule has 3 aromatic carbocycles. The minimum absolute atomic E-state index is 0.253. The first-order chi connectivity index (χ1) is 14.9. The molecule has 1 atom stereocenters. The van der Waals surface area contributed by atoms with Gasteiger partial charge in [0.1, 0.15) is 5.82 Å². The van der Waals surface area contributed by atoms with E-state index in [0.29, 0.717) is 22.6 Å². The van der Waals surface area contributed by atoms with E-state index >= 15 is 0 Å². The van der Waals surface area contributed by atoms with E-state index in [1.54, 1.807) is 61.6 Å². The molecule has 0 saturated heterocycles. The number of urea groups is 1. The fourth-order valence-corrected chi connectivity index (χ4v) is 3.67. The van der Waals surface area contributed by atoms with Crippen LogP contribution in [0.25, 0.3) is 0 Å². The van der Waals surface area contributed by atoms with Crippen molar-refractivity contribution in [3.05, 3.63) is 93.3 Å². The van der Waals surface area contributed by atoms with Crippen molar-refractivity contribution >= 4 is 51.6 Å². The lowest BCUT2D eigenvalue weighted by molar-refractivity contribution is -0.119. The average molecular weight is 528 g/mol. The number of rotatable bonds is 3. The van der Waals surface area contributed by atoms with Gasteiger partial charge in [-0.2, -0.15) is 0 Å². The summed E-state index contributed by atoms with van der Waals surface area (Å²) in [7, 11) is 1.60. The van der Waals surface area contributed by atoms with Gasteiger partial charge in [0.2, 0.25) is 6.17 Å². The largest absolute Gasteiger partial charge is 0.321 e. The van der Waals surface area contributed by atoms with E-state index in [1.807, 2.05) is 12.1 Å². The quantitative estimate of drug-likeness (QED) is 0.495. The fraction of sp³-hybridized carbons (Fsp3) is 0.0870. The van der Waals surface area contributed by atoms with Crippen molar-refractivity contribution in [3.63, 3.8) is 0 Å². The van der Waals surface area contributed by atoms with Crippen molar-refractivity contribution in [1.29, 1.82) is 0 Å². The molecule has 6 nitrogen and oxygen atoms in total. The van der Waals surface area contributed by atoms with Gasteiger partial charge in [-0.3, -0.25) is 4.79 Å². The molecule has 0 bridgehead atoms. The molecule has 0 aliphatic carbocycles. The number of hydrogen-bond acceptors (Lipinski definition) is 3. The van der Waals surface area contributed by atoms with Crippen LogP contribution in [-0.2, 0) is 4.79 Å². The number of fused-ring (bicyclic) bond motifs is 1. The van der Waals surface area contributed by atoms with Gasteiger partial charge in [0.25, 0.3) is 5.91 Å². The second kappa shape index (κ2) is 8.84. The second-order valence-corrected chi connectivity index (χ2v) is 8.13. The Labute approximate surface area is 192 Å². The van der Waals surface area contributed by atoms with E-state index in [1.165, 1.54) is 11.0 Å². The summed E-state index contributed by atoms with van der Waals surface area (Å²) < 4.78 is 15.7. The SMILES string of the molecule is CN1C(=O)C(NC(=O)Nc2ccc(I)cc2)N=C(c2ccccc2F)c2ccccc21. The van der Waals surface area contributed by atoms with E-state index in [4.69, 9.17) is 0 Å². The highest BCUT2D eigenvalue weighted by molar-refractivity contribution is 14.1. The third-order valence-electron chi connectivity index (χ3n) is 4.84. The van der Waals surface area contributed by atoms with Crippen LogP contribution in [0.3, 0.4) is 0 Å². The van der Waals surface area contributed by atoms with Crippen LogP contribution >= 0.6 is 22.6 Å². The van der Waals surface area contributed by atoms with Crippen LogP contribution in [-0.4, -0.2) is 30.9 Å². The Hall–Kier alpha value is -3.27. The predicted molar refractivity (Wildman–Crippen MR) is 127 cm³/mol. The van der Waals surface area contributed by atoms with E-state index in [-0.39, 0.29) is 5.56 Å². The summed E-state index contributed by atoms with van der Waals surface area (Å²) in [5, 5.41) is 5.30. The highest BCUT2D eigenvalue weighted by Crippen LogP contribution is 2.28. The van der Waals surface area contributed by atoms with E-state index in [2.05, 4.69) is 38.2 Å². The van der Waals surface area contributed by atoms with Crippen LogP contribution in [0, 0.1) is 9.39 Å². The maximum absolute atomic E-state index is 14.6. The Balaban J connectivity index is 1.71. The van der Waals surface area contributed by atoms with E-state index in [9.17, 15) is 14.0 Å². The van der Waals surface area contributed by atoms with Gasteiger partial charge in [0, 0.05) is 27.4 Å². The number of amides is 3. The molecule has 8 heteroatoms. The summed E-state index contributed by atoms with van der Waals surface area (Å²) >= 11 is 2.17. The van der Waals surface area contributed by atoms with E-state index < -0.39 is 23.9 Å². The Morgan fingerprint density at radius 2 is 1.65 bits per heavy atom. The van der Waals surface area contributed by atoms with Crippen molar-refractivity contribution in [2.24, 2.45) is 4.99 Å². The normalized spacial score (nSPS) is 15.6. The number of para-hydroxylation sites is 1. The molecule has 1 heterocycles. The molecule has 0 radical (unpaired) electrons. The number of anilines is 2. The van der Waals surface area contributed by atoms with Crippen molar-refractivity contribution < 1.29 is 14.0 Å². The first-order valence-electron chi connectivity index (χ1n) is 9.47. The van der Waals surface area contributed by atoms with Crippen LogP contribution in [0.1, 0.15) is 11.1 Å². The number of carbonyl (C=O) groups excluding carboxylic acids is 2. The third kappa shape index (κ3) is 4.43. The minimum atomic E-state index is -1.23. The standard InChI is InChI=1S/C23H18FIN4O2/c1-29-19-9-5-3-7-17(19)20(16-6-2-4-8-18(16)24)27-21(22(29)30)28-23(31)26-15-12-10-14(25)11-13-15/h2-13,21H,1H3,(H2,26,28,31). The molecule has 3 amide bonds. The maximum Gasteiger partial charge on any atom is 0.321 e. The van der Waals surface area contributed by atoms with Crippen molar-refractivity contribution in [2.75, 3.05) is 17.3 Å². The molecule has 156 valence electrons. The number of nitrogens with zero attached hydrogens (tertiary/aromatic N) is 2. The third-order valence-corrected chi connectivity index (χ3v) is 5.56. The summed E-state index contributed by atoms with van der Waals surface area (Å²) in [6.45, 7) is 0. The number of benzodiazepines with no additional fused rings is 1. The number of likely N-dealkylation sites (N-methyl/N-ethyl adjacent to an activating group) is 1. The molecular weight excluding hydrogens is 510 g/mol. The lowest BCUT2D eigenvalue weighted by Gasteiger charge is -2.21. The molecular formula is C23H18FIN4O2. The lowest BCUT2D eigenvalue weighted by Crippen LogP contribution is -2.47. The Kier molecular flexibility index (Phi) is 5.99. The molecule has 4 rings (SSSR count). The fourth-order valence-electron chi connectivity index (χ4n) is 3.31. The summed E-state index contributed by atoms with van der Waals surface area (Å²) in [5.41, 5.74) is 2.31. The Bertz CT molecular complexity index is 1180. The molecule has 0 aromatic heterocycles. The monoisotopic (exact) mass is 528 g/mol. The predicted octanol–water partition coefficient (Wildman–Crippen LogP) is 4.39. The molecule has 1 aliphatic rings. The van der Waals surface area contributed by atoms with Gasteiger partial charge in [-0.25, -0.2) is 14.2 Å². The van der Waals surface area contributed by atoms with Crippen LogP contribution in [0.4, 0.5) is 20.6 Å². The minimum Gasteiger partial charge on any atom is -0.311 e. The second-order valence-electron chi connectivity index (χ2n) is 6.88. The molecule has 1 unspecified atom stereocenters. The van der Waals surface area contributed by atoms with Crippen molar-refractivity contribution in [1.82, 2.24) is 5.32 Å². The van der Waals surface area contributed by atoms with Gasteiger partial charge in [-0.1, -0.05) is 30.3 Å². The summed E-state index contributed by atoms with van der Waals surface area (Å²) in [6.07, 6.45) is -1.23. The topological polar surface area (TPSA) is 73.8 Å². The smallest absolute Gasteiger partial charge is 0.311 e. The summed E-state index contributed by atoms with van der Waals surface area (Å²) in [5.74, 6) is -0.897. The molecule has 0 fully saturated rings. The number of carbonyl (C=O) groups is 2. The molecule has 31 heavy (non-hydrogen) atoms. The summed E-state index contributed by atoms with van der Waals surface area (Å²) in [4.78, 5) is 31.6. The van der Waals surface area contributed by atoms with Crippen LogP contribution in [0.5, 0.6) is 0 Å². The number of aliphatic imine (C=N–C) groups is 1. The Morgan fingerprint density at radius 1 is 1.00 bits per heavy atom. The Morgan fingerprint density at radius 3 is 2.35 bits per heavy atom. The number of nitrogens with one attached hydrogen (secondary N) is 2. The molecule has 3 aromatic rings. The zero-order chi connectivity index (χ0) is 22.0. The first kappa shape index (κ1) is 21.0. The molecule has 0 saturated carbocycles. The van der Waals surface area contributed by atoms with E-state index in [0.717, 1.165) is 3.57 Å². The van der Waals surface area contributed by atoms with Crippen molar-refractivity contribution in [2.45, 2.75) is 6.17 Å². The van der Waals surface area contributed by atoms with Crippen LogP contribution in [0.15, 0.2) is 77.8 Å². The average Bonchev–Trinajstić information content (AvgIpc) is 2.87. The first-order valence-corrected chi connectivity index (χ1v) is 10.5. The van der Waals surface area contributed by atoms with Gasteiger partial charge in [-0.15, -0.1) is 0 Å². The molecule has 0 spiro atoms. The highest BCUT2D eigenvalue weighted by atomic mass is 127. The maximum atomic E-state index is 14.6. The zero-order valence-corrected chi connectivity index (χ0v) is 18.6. The van der Waals surface area contributed by atoms with Gasteiger partial charge in [-0.05, 0) is 65.1 Å². The number of halogens is 2. The highest BCUT2D eigenvalue weighted by Gasteiger charge is 2.31. The summed E-state index contributed by atoms with van der Waals surface area (Å²) in [6, 6.07) is 20.0. The molecule has 2 N–H and O–H groups in total. The lowest BCUT2D eigenvalue weighted by atomic mass is 10.00. The van der Waals surface area contributed by atoms with Gasteiger partial charge < -0.3 is 15.5 Å². The van der Waals surface area contributed by atoms with Crippen LogP contribution in [0.2, 0.25) is 0 Å². The van der Waals surface area contributed by atoms with Gasteiger partial charge in [0.15, 0.2) is 0 Å². The number of benzene rings is 3. The molecule has 1 aliphatic heterocycles. The number of hydrogen-bond donors (Lipinski definition) is 2. The van der Waals surface area contributed by atoms with Crippen LogP contribution < -0.4 is 15.5 Å². The van der Waals surface area contributed by atoms with Gasteiger partial charge in [0.05, 0.1) is 11.4 Å². The van der Waals surface area contributed by atoms with Gasteiger partial charge >= 0.3 is 6.03 Å². The zero-order valence-electron chi connectivity index (χ0n) is 16.5.